The van der Waals surface area contributed by atoms with Gasteiger partial charge in [0.2, 0.25) is 0 Å². The molecule has 0 saturated carbocycles. The Morgan fingerprint density at radius 1 is 1.20 bits per heavy atom. The van der Waals surface area contributed by atoms with Gasteiger partial charge in [-0.25, -0.2) is 0 Å². The summed E-state index contributed by atoms with van der Waals surface area (Å²) in [5, 5.41) is 0. The number of fused-ring (bicyclic) bond motifs is 2. The predicted octanol–water partition coefficient (Wildman–Crippen LogP) is 1.11. The first kappa shape index (κ1) is 15.9. The molecule has 0 N–H and O–H groups in total. The molecule has 0 aromatic carbocycles. The summed E-state index contributed by atoms with van der Waals surface area (Å²) in [5.41, 5.74) is 0. The summed E-state index contributed by atoms with van der Waals surface area (Å²) in [5.74, 6) is 0.634. The molecule has 2 atom stereocenters. The number of hydrogen-bond acceptors (Lipinski definition) is 5. The van der Waals surface area contributed by atoms with E-state index in [2.05, 4.69) is 11.9 Å². The molecule has 2 aliphatic heterocycles. The van der Waals surface area contributed by atoms with E-state index in [4.69, 9.17) is 14.2 Å². The van der Waals surface area contributed by atoms with E-state index in [1.54, 1.807) is 7.11 Å². The van der Waals surface area contributed by atoms with Crippen molar-refractivity contribution in [2.45, 2.75) is 37.8 Å². The molecule has 116 valence electrons. The summed E-state index contributed by atoms with van der Waals surface area (Å²) < 4.78 is 15.9. The lowest BCUT2D eigenvalue weighted by Gasteiger charge is -2.46. The fourth-order valence-corrected chi connectivity index (χ4v) is 3.15. The average Bonchev–Trinajstić information content (AvgIpc) is 2.42. The zero-order chi connectivity index (χ0) is 14.4. The van der Waals surface area contributed by atoms with Crippen LogP contribution in [-0.2, 0) is 19.0 Å². The second kappa shape index (κ2) is 8.08. The van der Waals surface area contributed by atoms with Crippen LogP contribution in [0.4, 0.5) is 0 Å². The topological polar surface area (TPSA) is 48.0 Å². The fraction of sp³-hybridized carbons (Fsp3) is 0.933. The Kier molecular flexibility index (Phi) is 6.42. The highest BCUT2D eigenvalue weighted by molar-refractivity contribution is 5.81. The fourth-order valence-electron chi connectivity index (χ4n) is 3.15. The van der Waals surface area contributed by atoms with Crippen LogP contribution in [0, 0.1) is 5.92 Å². The van der Waals surface area contributed by atoms with E-state index in [0.29, 0.717) is 44.1 Å². The van der Waals surface area contributed by atoms with Crippen LogP contribution in [0.1, 0.15) is 25.7 Å². The molecule has 2 saturated heterocycles. The van der Waals surface area contributed by atoms with Gasteiger partial charge in [0.05, 0.1) is 26.4 Å². The number of rotatable bonds is 8. The summed E-state index contributed by atoms with van der Waals surface area (Å²) in [4.78, 5) is 14.7. The Bertz CT molecular complexity index is 296. The van der Waals surface area contributed by atoms with Gasteiger partial charge in [-0.2, -0.15) is 0 Å². The molecule has 20 heavy (non-hydrogen) atoms. The molecule has 2 rings (SSSR count). The maximum atomic E-state index is 12.3. The van der Waals surface area contributed by atoms with Gasteiger partial charge in [-0.15, -0.1) is 0 Å². The minimum absolute atomic E-state index is 0.226. The van der Waals surface area contributed by atoms with Gasteiger partial charge in [-0.1, -0.05) is 0 Å². The summed E-state index contributed by atoms with van der Waals surface area (Å²) in [6.45, 7) is 3.43. The van der Waals surface area contributed by atoms with E-state index in [9.17, 15) is 4.79 Å². The lowest BCUT2D eigenvalue weighted by molar-refractivity contribution is -0.131. The van der Waals surface area contributed by atoms with Crippen molar-refractivity contribution in [3.8, 4) is 0 Å². The Balaban J connectivity index is 1.66. The zero-order valence-corrected chi connectivity index (χ0v) is 12.7. The van der Waals surface area contributed by atoms with Crippen LogP contribution < -0.4 is 0 Å². The van der Waals surface area contributed by atoms with E-state index >= 15 is 0 Å². The van der Waals surface area contributed by atoms with Crippen molar-refractivity contribution in [1.82, 2.24) is 4.90 Å². The van der Waals surface area contributed by atoms with Crippen LogP contribution in [0.25, 0.3) is 0 Å². The number of carbonyl (C=O) groups is 1. The minimum Gasteiger partial charge on any atom is -0.382 e. The molecule has 0 aliphatic carbocycles. The first-order chi connectivity index (χ1) is 9.72. The van der Waals surface area contributed by atoms with Crippen LogP contribution in [0.3, 0.4) is 0 Å². The van der Waals surface area contributed by atoms with Gasteiger partial charge in [0, 0.05) is 38.1 Å². The van der Waals surface area contributed by atoms with Crippen molar-refractivity contribution in [3.63, 3.8) is 0 Å². The van der Waals surface area contributed by atoms with Crippen LogP contribution in [0.2, 0.25) is 0 Å². The molecule has 0 spiro atoms. The maximum absolute atomic E-state index is 12.3. The van der Waals surface area contributed by atoms with E-state index in [1.807, 2.05) is 0 Å². The molecule has 2 heterocycles. The second-order valence-corrected chi connectivity index (χ2v) is 5.85. The number of carbonyl (C=O) groups excluding carboxylic acids is 1. The number of Topliss-reactive ketones (excluding diaryl/α,β-unsaturated/α-hetero) is 1. The molecule has 2 fully saturated rings. The molecule has 2 bridgehead atoms. The van der Waals surface area contributed by atoms with Gasteiger partial charge in [-0.3, -0.25) is 9.69 Å². The van der Waals surface area contributed by atoms with Crippen molar-refractivity contribution in [1.29, 1.82) is 0 Å². The Labute approximate surface area is 121 Å². The predicted molar refractivity (Wildman–Crippen MR) is 75.8 cm³/mol. The molecule has 2 unspecified atom stereocenters. The van der Waals surface area contributed by atoms with Gasteiger partial charge in [0.25, 0.3) is 0 Å². The highest BCUT2D eigenvalue weighted by atomic mass is 16.5. The van der Waals surface area contributed by atoms with E-state index in [1.165, 1.54) is 0 Å². The number of ether oxygens (including phenoxy) is 3. The van der Waals surface area contributed by atoms with Crippen molar-refractivity contribution in [2.75, 3.05) is 47.2 Å². The summed E-state index contributed by atoms with van der Waals surface area (Å²) >= 11 is 0. The molecule has 0 amide bonds. The number of hydrogen-bond donors (Lipinski definition) is 0. The molecule has 5 nitrogen and oxygen atoms in total. The Morgan fingerprint density at radius 2 is 1.90 bits per heavy atom. The maximum Gasteiger partial charge on any atom is 0.136 e. The Morgan fingerprint density at radius 3 is 2.55 bits per heavy atom. The van der Waals surface area contributed by atoms with E-state index in [0.717, 1.165) is 32.5 Å². The summed E-state index contributed by atoms with van der Waals surface area (Å²) in [6.07, 6.45) is 3.37. The first-order valence-corrected chi connectivity index (χ1v) is 7.61. The van der Waals surface area contributed by atoms with Gasteiger partial charge >= 0.3 is 0 Å². The van der Waals surface area contributed by atoms with Gasteiger partial charge < -0.3 is 14.2 Å². The SMILES string of the molecule is COCCOCCCC(=O)C1CC2COCC(C1)N2C. The molecule has 0 radical (unpaired) electrons. The lowest BCUT2D eigenvalue weighted by Crippen LogP contribution is -2.55. The summed E-state index contributed by atoms with van der Waals surface area (Å²) in [7, 11) is 3.82. The molecular formula is C15H27NO4. The van der Waals surface area contributed by atoms with Gasteiger partial charge in [-0.05, 0) is 26.3 Å². The second-order valence-electron chi connectivity index (χ2n) is 5.85. The Hall–Kier alpha value is -0.490. The number of nitrogens with zero attached hydrogens (tertiary/aromatic N) is 1. The third kappa shape index (κ3) is 4.25. The molecule has 2 aliphatic rings. The van der Waals surface area contributed by atoms with Crippen LogP contribution in [0.15, 0.2) is 0 Å². The third-order valence-corrected chi connectivity index (χ3v) is 4.48. The van der Waals surface area contributed by atoms with Crippen LogP contribution >= 0.6 is 0 Å². The van der Waals surface area contributed by atoms with E-state index < -0.39 is 0 Å². The lowest BCUT2D eigenvalue weighted by atomic mass is 9.82. The van der Waals surface area contributed by atoms with Crippen molar-refractivity contribution in [2.24, 2.45) is 5.92 Å². The number of ketones is 1. The van der Waals surface area contributed by atoms with E-state index in [-0.39, 0.29) is 5.92 Å². The normalized spacial score (nSPS) is 30.4. The molecule has 5 heteroatoms. The largest absolute Gasteiger partial charge is 0.382 e. The standard InChI is InChI=1S/C15H27NO4/c1-16-13-8-12(9-14(16)11-20-10-13)15(17)4-3-5-19-7-6-18-2/h12-14H,3-11H2,1-2H3. The first-order valence-electron chi connectivity index (χ1n) is 7.61. The summed E-state index contributed by atoms with van der Waals surface area (Å²) in [6, 6.07) is 0.851. The minimum atomic E-state index is 0.226. The van der Waals surface area contributed by atoms with Crippen molar-refractivity contribution in [3.05, 3.63) is 0 Å². The molecule has 0 aromatic heterocycles. The molecule has 0 aromatic rings. The number of likely N-dealkylation sites (N-methyl/N-ethyl adjacent to an activating group) is 1. The monoisotopic (exact) mass is 285 g/mol. The highest BCUT2D eigenvalue weighted by Crippen LogP contribution is 2.31. The average molecular weight is 285 g/mol. The smallest absolute Gasteiger partial charge is 0.136 e. The van der Waals surface area contributed by atoms with Crippen LogP contribution in [0.5, 0.6) is 0 Å². The number of piperidine rings is 1. The third-order valence-electron chi connectivity index (χ3n) is 4.48. The quantitative estimate of drug-likeness (QED) is 0.625. The van der Waals surface area contributed by atoms with Crippen molar-refractivity contribution >= 4 is 5.78 Å². The number of morpholine rings is 1. The molecular weight excluding hydrogens is 258 g/mol. The van der Waals surface area contributed by atoms with Gasteiger partial charge in [0.15, 0.2) is 0 Å². The zero-order valence-electron chi connectivity index (χ0n) is 12.7. The number of methoxy groups -OCH3 is 1. The van der Waals surface area contributed by atoms with Gasteiger partial charge in [0.1, 0.15) is 5.78 Å². The van der Waals surface area contributed by atoms with Crippen molar-refractivity contribution < 1.29 is 19.0 Å². The highest BCUT2D eigenvalue weighted by Gasteiger charge is 2.38. The van der Waals surface area contributed by atoms with Crippen LogP contribution in [-0.4, -0.2) is 70.0 Å².